The molecule has 0 heterocycles. The van der Waals surface area contributed by atoms with Crippen LogP contribution in [0.4, 0.5) is 0 Å². The van der Waals surface area contributed by atoms with Crippen molar-refractivity contribution < 1.29 is 13.2 Å². The molecule has 0 aromatic heterocycles. The van der Waals surface area contributed by atoms with Crippen LogP contribution in [0.15, 0.2) is 29.2 Å². The van der Waals surface area contributed by atoms with Crippen LogP contribution in [0, 0.1) is 6.92 Å². The maximum atomic E-state index is 12.5. The van der Waals surface area contributed by atoms with E-state index in [4.69, 9.17) is 4.74 Å². The van der Waals surface area contributed by atoms with E-state index in [1.807, 2.05) is 26.0 Å². The summed E-state index contributed by atoms with van der Waals surface area (Å²) in [6.07, 6.45) is 4.65. The highest BCUT2D eigenvalue weighted by Gasteiger charge is 2.27. The second-order valence-electron chi connectivity index (χ2n) is 6.33. The van der Waals surface area contributed by atoms with E-state index in [-0.39, 0.29) is 23.9 Å². The Kier molecular flexibility index (Phi) is 6.01. The maximum Gasteiger partial charge on any atom is 0.179 e. The average Bonchev–Trinajstić information content (AvgIpc) is 2.47. The summed E-state index contributed by atoms with van der Waals surface area (Å²) in [6.45, 7) is 3.89. The second-order valence-corrected chi connectivity index (χ2v) is 8.36. The quantitative estimate of drug-likeness (QED) is 0.874. The lowest BCUT2D eigenvalue weighted by Gasteiger charge is -2.33. The topological polar surface area (TPSA) is 55.4 Å². The van der Waals surface area contributed by atoms with Crippen LogP contribution < -0.4 is 5.32 Å². The van der Waals surface area contributed by atoms with E-state index < -0.39 is 9.84 Å². The van der Waals surface area contributed by atoms with Gasteiger partial charge in [0.25, 0.3) is 0 Å². The smallest absolute Gasteiger partial charge is 0.179 e. The van der Waals surface area contributed by atoms with Gasteiger partial charge in [0.15, 0.2) is 9.84 Å². The van der Waals surface area contributed by atoms with Crippen LogP contribution >= 0.6 is 0 Å². The Morgan fingerprint density at radius 2 is 1.86 bits per heavy atom. The van der Waals surface area contributed by atoms with Crippen molar-refractivity contribution >= 4 is 9.84 Å². The molecule has 1 aliphatic rings. The predicted molar refractivity (Wildman–Crippen MR) is 88.9 cm³/mol. The van der Waals surface area contributed by atoms with Crippen molar-refractivity contribution in [1.82, 2.24) is 5.32 Å². The first kappa shape index (κ1) is 17.4. The van der Waals surface area contributed by atoms with Crippen LogP contribution in [0.3, 0.4) is 0 Å². The highest BCUT2D eigenvalue weighted by Crippen LogP contribution is 2.21. The highest BCUT2D eigenvalue weighted by atomic mass is 32.2. The zero-order valence-electron chi connectivity index (χ0n) is 13.7. The third-order valence-electron chi connectivity index (χ3n) is 4.35. The van der Waals surface area contributed by atoms with Crippen molar-refractivity contribution in [3.8, 4) is 0 Å². The van der Waals surface area contributed by atoms with Crippen LogP contribution in [0.1, 0.15) is 38.2 Å². The monoisotopic (exact) mass is 325 g/mol. The van der Waals surface area contributed by atoms with Crippen molar-refractivity contribution in [3.05, 3.63) is 29.8 Å². The first-order valence-electron chi connectivity index (χ1n) is 8.00. The minimum absolute atomic E-state index is 0.0907. The molecule has 0 spiro atoms. The first-order chi connectivity index (χ1) is 10.4. The van der Waals surface area contributed by atoms with Gasteiger partial charge in [-0.25, -0.2) is 8.42 Å². The van der Waals surface area contributed by atoms with Gasteiger partial charge in [0.05, 0.1) is 16.8 Å². The molecule has 1 aromatic rings. The molecule has 1 N–H and O–H groups in total. The van der Waals surface area contributed by atoms with Crippen molar-refractivity contribution in [1.29, 1.82) is 0 Å². The van der Waals surface area contributed by atoms with Gasteiger partial charge >= 0.3 is 0 Å². The van der Waals surface area contributed by atoms with Gasteiger partial charge in [-0.2, -0.15) is 0 Å². The number of hydrogen-bond donors (Lipinski definition) is 1. The van der Waals surface area contributed by atoms with Crippen molar-refractivity contribution in [2.45, 2.75) is 62.6 Å². The third kappa shape index (κ3) is 4.54. The molecule has 22 heavy (non-hydrogen) atoms. The fourth-order valence-electron chi connectivity index (χ4n) is 3.15. The standard InChI is InChI=1S/C17H27NO3S/c1-13-8-10-15(11-9-13)22(19,20)12-14(2)18-16-6-4-5-7-17(16)21-3/h8-11,14,16-18H,4-7,12H2,1-3H3/t14-,16+,17+/m0/s1. The molecule has 0 radical (unpaired) electrons. The molecule has 1 saturated carbocycles. The predicted octanol–water partition coefficient (Wildman–Crippen LogP) is 2.70. The molecule has 3 atom stereocenters. The first-order valence-corrected chi connectivity index (χ1v) is 9.66. The molecule has 0 unspecified atom stereocenters. The molecular formula is C17H27NO3S. The van der Waals surface area contributed by atoms with Gasteiger partial charge in [-0.3, -0.25) is 0 Å². The Balaban J connectivity index is 1.98. The number of hydrogen-bond acceptors (Lipinski definition) is 4. The lowest BCUT2D eigenvalue weighted by Crippen LogP contribution is -2.48. The normalized spacial score (nSPS) is 24.1. The van der Waals surface area contributed by atoms with E-state index >= 15 is 0 Å². The molecule has 1 aliphatic carbocycles. The molecule has 0 aliphatic heterocycles. The van der Waals surface area contributed by atoms with Gasteiger partial charge in [-0.1, -0.05) is 30.5 Å². The fraction of sp³-hybridized carbons (Fsp3) is 0.647. The molecule has 2 rings (SSSR count). The van der Waals surface area contributed by atoms with E-state index in [0.717, 1.165) is 18.4 Å². The molecule has 0 bridgehead atoms. The molecule has 1 aromatic carbocycles. The van der Waals surface area contributed by atoms with Gasteiger partial charge in [0.2, 0.25) is 0 Å². The summed E-state index contributed by atoms with van der Waals surface area (Å²) in [5.41, 5.74) is 1.07. The van der Waals surface area contributed by atoms with Crippen LogP contribution in [-0.4, -0.2) is 39.5 Å². The summed E-state index contributed by atoms with van der Waals surface area (Å²) in [4.78, 5) is 0.402. The highest BCUT2D eigenvalue weighted by molar-refractivity contribution is 7.91. The van der Waals surface area contributed by atoms with E-state index in [1.54, 1.807) is 19.2 Å². The molecule has 124 valence electrons. The zero-order chi connectivity index (χ0) is 16.2. The molecular weight excluding hydrogens is 298 g/mol. The largest absolute Gasteiger partial charge is 0.380 e. The van der Waals surface area contributed by atoms with E-state index in [2.05, 4.69) is 5.32 Å². The Hall–Kier alpha value is -0.910. The van der Waals surface area contributed by atoms with E-state index in [1.165, 1.54) is 12.8 Å². The second kappa shape index (κ2) is 7.57. The Labute approximate surface area is 134 Å². The van der Waals surface area contributed by atoms with Gasteiger partial charge in [-0.05, 0) is 38.8 Å². The minimum atomic E-state index is -3.25. The number of rotatable bonds is 6. The SMILES string of the molecule is CO[C@@H]1CCCC[C@H]1N[C@@H](C)CS(=O)(=O)c1ccc(C)cc1. The number of ether oxygens (including phenoxy) is 1. The lowest BCUT2D eigenvalue weighted by atomic mass is 9.92. The lowest BCUT2D eigenvalue weighted by molar-refractivity contribution is 0.0393. The molecule has 0 saturated heterocycles. The molecule has 5 heteroatoms. The van der Waals surface area contributed by atoms with Gasteiger partial charge in [0, 0.05) is 19.2 Å². The summed E-state index contributed by atoms with van der Waals surface area (Å²) in [5.74, 6) is 0.114. The summed E-state index contributed by atoms with van der Waals surface area (Å²) >= 11 is 0. The number of aryl methyl sites for hydroxylation is 1. The minimum Gasteiger partial charge on any atom is -0.380 e. The summed E-state index contributed by atoms with van der Waals surface area (Å²) in [7, 11) is -1.52. The summed E-state index contributed by atoms with van der Waals surface area (Å²) in [5, 5.41) is 3.45. The Bertz CT molecular complexity index is 568. The van der Waals surface area contributed by atoms with Crippen LogP contribution in [-0.2, 0) is 14.6 Å². The van der Waals surface area contributed by atoms with Crippen LogP contribution in [0.5, 0.6) is 0 Å². The molecule has 4 nitrogen and oxygen atoms in total. The van der Waals surface area contributed by atoms with Gasteiger partial charge in [0.1, 0.15) is 0 Å². The third-order valence-corrected chi connectivity index (χ3v) is 6.28. The average molecular weight is 325 g/mol. The van der Waals surface area contributed by atoms with Gasteiger partial charge in [-0.15, -0.1) is 0 Å². The number of nitrogens with one attached hydrogen (secondary N) is 1. The number of benzene rings is 1. The summed E-state index contributed by atoms with van der Waals surface area (Å²) < 4.78 is 30.5. The number of sulfone groups is 1. The zero-order valence-corrected chi connectivity index (χ0v) is 14.5. The summed E-state index contributed by atoms with van der Waals surface area (Å²) in [6, 6.07) is 7.22. The van der Waals surface area contributed by atoms with Crippen LogP contribution in [0.2, 0.25) is 0 Å². The van der Waals surface area contributed by atoms with E-state index in [9.17, 15) is 8.42 Å². The van der Waals surface area contributed by atoms with Crippen molar-refractivity contribution in [3.63, 3.8) is 0 Å². The Morgan fingerprint density at radius 3 is 2.50 bits per heavy atom. The van der Waals surface area contributed by atoms with E-state index in [0.29, 0.717) is 4.90 Å². The van der Waals surface area contributed by atoms with Crippen molar-refractivity contribution in [2.24, 2.45) is 0 Å². The van der Waals surface area contributed by atoms with Gasteiger partial charge < -0.3 is 10.1 Å². The van der Waals surface area contributed by atoms with Crippen LogP contribution in [0.25, 0.3) is 0 Å². The maximum absolute atomic E-state index is 12.5. The molecule has 1 fully saturated rings. The molecule has 0 amide bonds. The fourth-order valence-corrected chi connectivity index (χ4v) is 4.65. The Morgan fingerprint density at radius 1 is 1.23 bits per heavy atom. The van der Waals surface area contributed by atoms with Crippen molar-refractivity contribution in [2.75, 3.05) is 12.9 Å². The number of methoxy groups -OCH3 is 1.